The van der Waals surface area contributed by atoms with Crippen LogP contribution in [0.2, 0.25) is 0 Å². The molecule has 2 aliphatic heterocycles. The molecule has 2 aliphatic rings. The van der Waals surface area contributed by atoms with Gasteiger partial charge in [-0.3, -0.25) is 0 Å². The highest BCUT2D eigenvalue weighted by Crippen LogP contribution is 2.18. The zero-order chi connectivity index (χ0) is 11.4. The van der Waals surface area contributed by atoms with Gasteiger partial charge in [0.25, 0.3) is 0 Å². The minimum atomic E-state index is -0.180. The van der Waals surface area contributed by atoms with E-state index in [2.05, 4.69) is 12.2 Å². The van der Waals surface area contributed by atoms with Gasteiger partial charge in [-0.2, -0.15) is 0 Å². The van der Waals surface area contributed by atoms with Crippen LogP contribution in [0.5, 0.6) is 0 Å². The number of ether oxygens (including phenoxy) is 4. The van der Waals surface area contributed by atoms with Crippen molar-refractivity contribution < 1.29 is 18.9 Å². The first-order valence-corrected chi connectivity index (χ1v) is 5.92. The van der Waals surface area contributed by atoms with Crippen LogP contribution in [0.25, 0.3) is 0 Å². The second-order valence-electron chi connectivity index (χ2n) is 4.25. The van der Waals surface area contributed by atoms with E-state index in [9.17, 15) is 0 Å². The molecule has 0 aromatic heterocycles. The van der Waals surface area contributed by atoms with Crippen molar-refractivity contribution in [2.45, 2.75) is 37.9 Å². The zero-order valence-electron chi connectivity index (χ0n) is 9.98. The Kier molecular flexibility index (Phi) is 4.55. The van der Waals surface area contributed by atoms with Gasteiger partial charge in [-0.1, -0.05) is 0 Å². The fraction of sp³-hybridized carbons (Fsp3) is 1.00. The number of hydrogen-bond donors (Lipinski definition) is 1. The lowest BCUT2D eigenvalue weighted by atomic mass is 10.0. The van der Waals surface area contributed by atoms with Crippen LogP contribution >= 0.6 is 0 Å². The Morgan fingerprint density at radius 3 is 2.75 bits per heavy atom. The summed E-state index contributed by atoms with van der Waals surface area (Å²) in [5.41, 5.74) is 0. The second-order valence-corrected chi connectivity index (χ2v) is 4.25. The fourth-order valence-electron chi connectivity index (χ4n) is 2.26. The maximum atomic E-state index is 5.80. The van der Waals surface area contributed by atoms with Gasteiger partial charge >= 0.3 is 0 Å². The highest BCUT2D eigenvalue weighted by molar-refractivity contribution is 4.86. The molecule has 2 heterocycles. The lowest BCUT2D eigenvalue weighted by Crippen LogP contribution is -2.52. The van der Waals surface area contributed by atoms with Crippen LogP contribution in [0.15, 0.2) is 0 Å². The van der Waals surface area contributed by atoms with Crippen LogP contribution < -0.4 is 5.32 Å². The molecule has 0 aromatic rings. The quantitative estimate of drug-likeness (QED) is 0.695. The van der Waals surface area contributed by atoms with Crippen LogP contribution in [0, 0.1) is 0 Å². The third-order valence-electron chi connectivity index (χ3n) is 3.18. The summed E-state index contributed by atoms with van der Waals surface area (Å²) >= 11 is 0. The average molecular weight is 231 g/mol. The Balaban J connectivity index is 1.95. The molecule has 16 heavy (non-hydrogen) atoms. The highest BCUT2D eigenvalue weighted by Gasteiger charge is 2.33. The van der Waals surface area contributed by atoms with Gasteiger partial charge in [-0.05, 0) is 13.3 Å². The number of methoxy groups -OCH3 is 1. The lowest BCUT2D eigenvalue weighted by molar-refractivity contribution is -0.136. The standard InChI is InChI=1S/C11H21NO4/c1-8-11-9(3-4-14-8)12-7-10(13-2)15-5-6-16-11/h8-12H,3-7H2,1-2H3. The largest absolute Gasteiger partial charge is 0.376 e. The van der Waals surface area contributed by atoms with Crippen molar-refractivity contribution in [2.75, 3.05) is 33.5 Å². The number of hydrogen-bond acceptors (Lipinski definition) is 5. The van der Waals surface area contributed by atoms with E-state index in [4.69, 9.17) is 18.9 Å². The molecule has 0 saturated carbocycles. The van der Waals surface area contributed by atoms with Crippen molar-refractivity contribution in [3.05, 3.63) is 0 Å². The average Bonchev–Trinajstić information content (AvgIpc) is 2.40. The van der Waals surface area contributed by atoms with E-state index >= 15 is 0 Å². The van der Waals surface area contributed by atoms with Gasteiger partial charge in [-0.15, -0.1) is 0 Å². The van der Waals surface area contributed by atoms with E-state index in [0.29, 0.717) is 25.8 Å². The first-order chi connectivity index (χ1) is 7.81. The van der Waals surface area contributed by atoms with Crippen LogP contribution in [0.1, 0.15) is 13.3 Å². The Morgan fingerprint density at radius 2 is 1.94 bits per heavy atom. The minimum absolute atomic E-state index is 0.118. The van der Waals surface area contributed by atoms with Gasteiger partial charge in [-0.25, -0.2) is 0 Å². The molecule has 94 valence electrons. The third-order valence-corrected chi connectivity index (χ3v) is 3.18. The van der Waals surface area contributed by atoms with E-state index in [1.807, 2.05) is 0 Å². The van der Waals surface area contributed by atoms with E-state index in [1.54, 1.807) is 7.11 Å². The fourth-order valence-corrected chi connectivity index (χ4v) is 2.26. The maximum Gasteiger partial charge on any atom is 0.169 e. The summed E-state index contributed by atoms with van der Waals surface area (Å²) < 4.78 is 22.1. The highest BCUT2D eigenvalue weighted by atomic mass is 16.7. The molecule has 0 aliphatic carbocycles. The summed E-state index contributed by atoms with van der Waals surface area (Å²) in [5, 5.41) is 3.44. The summed E-state index contributed by atoms with van der Waals surface area (Å²) in [6, 6.07) is 0.336. The molecule has 0 bridgehead atoms. The van der Waals surface area contributed by atoms with Gasteiger partial charge in [0.1, 0.15) is 0 Å². The molecular weight excluding hydrogens is 210 g/mol. The Bertz CT molecular complexity index is 214. The molecule has 2 saturated heterocycles. The van der Waals surface area contributed by atoms with E-state index < -0.39 is 0 Å². The SMILES string of the molecule is COC1CNC2CCOC(C)C2OCCO1. The van der Waals surface area contributed by atoms with Gasteiger partial charge in [0.05, 0.1) is 25.4 Å². The lowest BCUT2D eigenvalue weighted by Gasteiger charge is -2.36. The summed E-state index contributed by atoms with van der Waals surface area (Å²) in [4.78, 5) is 0. The Morgan fingerprint density at radius 1 is 1.12 bits per heavy atom. The molecule has 0 aromatic carbocycles. The number of rotatable bonds is 1. The molecule has 1 N–H and O–H groups in total. The predicted octanol–water partition coefficient (Wildman–Crippen LogP) is 0.141. The molecule has 4 atom stereocenters. The normalized spacial score (nSPS) is 41.6. The minimum Gasteiger partial charge on any atom is -0.376 e. The van der Waals surface area contributed by atoms with Crippen LogP contribution in [-0.4, -0.2) is 58.0 Å². The van der Waals surface area contributed by atoms with Crippen molar-refractivity contribution in [1.82, 2.24) is 5.32 Å². The molecule has 0 spiro atoms. The Labute approximate surface area is 96.4 Å². The summed E-state index contributed by atoms with van der Waals surface area (Å²) in [5.74, 6) is 0. The maximum absolute atomic E-state index is 5.80. The van der Waals surface area contributed by atoms with E-state index in [1.165, 1.54) is 0 Å². The molecule has 0 radical (unpaired) electrons. The molecule has 0 amide bonds. The van der Waals surface area contributed by atoms with Gasteiger partial charge < -0.3 is 24.3 Å². The monoisotopic (exact) mass is 231 g/mol. The Hall–Kier alpha value is -0.200. The molecule has 4 unspecified atom stereocenters. The summed E-state index contributed by atoms with van der Waals surface area (Å²) in [6.07, 6.45) is 1.06. The van der Waals surface area contributed by atoms with Crippen molar-refractivity contribution in [3.63, 3.8) is 0 Å². The van der Waals surface area contributed by atoms with Crippen molar-refractivity contribution in [2.24, 2.45) is 0 Å². The summed E-state index contributed by atoms with van der Waals surface area (Å²) in [6.45, 7) is 4.71. The second kappa shape index (κ2) is 5.93. The first-order valence-electron chi connectivity index (χ1n) is 5.92. The van der Waals surface area contributed by atoms with Crippen molar-refractivity contribution in [3.8, 4) is 0 Å². The molecule has 2 rings (SSSR count). The van der Waals surface area contributed by atoms with E-state index in [-0.39, 0.29) is 18.5 Å². The van der Waals surface area contributed by atoms with Gasteiger partial charge in [0, 0.05) is 26.3 Å². The number of nitrogens with one attached hydrogen (secondary N) is 1. The van der Waals surface area contributed by atoms with Crippen LogP contribution in [0.3, 0.4) is 0 Å². The topological polar surface area (TPSA) is 49.0 Å². The smallest absolute Gasteiger partial charge is 0.169 e. The first kappa shape index (κ1) is 12.3. The summed E-state index contributed by atoms with van der Waals surface area (Å²) in [7, 11) is 1.66. The van der Waals surface area contributed by atoms with Gasteiger partial charge in [0.15, 0.2) is 6.29 Å². The zero-order valence-corrected chi connectivity index (χ0v) is 9.98. The van der Waals surface area contributed by atoms with Crippen LogP contribution in [0.4, 0.5) is 0 Å². The third kappa shape index (κ3) is 2.93. The van der Waals surface area contributed by atoms with E-state index in [0.717, 1.165) is 13.0 Å². The molecular formula is C11H21NO4. The molecule has 5 nitrogen and oxygen atoms in total. The predicted molar refractivity (Wildman–Crippen MR) is 58.3 cm³/mol. The van der Waals surface area contributed by atoms with Crippen molar-refractivity contribution in [1.29, 1.82) is 0 Å². The number of fused-ring (bicyclic) bond motifs is 1. The van der Waals surface area contributed by atoms with Crippen molar-refractivity contribution >= 4 is 0 Å². The molecule has 2 fully saturated rings. The van der Waals surface area contributed by atoms with Gasteiger partial charge in [0.2, 0.25) is 0 Å². The molecule has 5 heteroatoms. The van der Waals surface area contributed by atoms with Crippen LogP contribution in [-0.2, 0) is 18.9 Å².